The number of nitrogens with zero attached hydrogens (tertiary/aromatic N) is 3. The van der Waals surface area contributed by atoms with Crippen LogP contribution in [0.25, 0.3) is 11.1 Å². The molecule has 0 saturated carbocycles. The van der Waals surface area contributed by atoms with Gasteiger partial charge in [0.2, 0.25) is 5.91 Å². The average molecular weight is 437 g/mol. The van der Waals surface area contributed by atoms with Crippen molar-refractivity contribution >= 4 is 11.6 Å². The van der Waals surface area contributed by atoms with Crippen molar-refractivity contribution < 1.29 is 22.7 Å². The van der Waals surface area contributed by atoms with Gasteiger partial charge in [-0.2, -0.15) is 18.4 Å². The third-order valence-corrected chi connectivity index (χ3v) is 5.26. The van der Waals surface area contributed by atoms with E-state index in [4.69, 9.17) is 10.00 Å². The fourth-order valence-electron chi connectivity index (χ4n) is 3.58. The standard InChI is InChI=1S/C24H18F3N3O2/c25-24(26,27)19-8-3-16(4-9-19)5-10-22(31)30-11-12-32-23-20(14-29-15-21(23)30)18-6-1-17(13-28)2-7-18/h1-4,6-9,14-15H,5,10-12H2. The van der Waals surface area contributed by atoms with Gasteiger partial charge in [0.05, 0.1) is 29.9 Å². The van der Waals surface area contributed by atoms with E-state index in [1.165, 1.54) is 12.1 Å². The molecule has 0 atom stereocenters. The fraction of sp³-hybridized carbons (Fsp3) is 0.208. The molecule has 5 nitrogen and oxygen atoms in total. The molecule has 1 aliphatic rings. The van der Waals surface area contributed by atoms with Crippen LogP contribution in [0.1, 0.15) is 23.1 Å². The first kappa shape index (κ1) is 21.4. The maximum Gasteiger partial charge on any atom is 0.416 e. The first-order valence-electron chi connectivity index (χ1n) is 9.94. The number of carbonyl (C=O) groups excluding carboxylic acids is 1. The number of anilines is 1. The van der Waals surface area contributed by atoms with Crippen LogP contribution in [0.3, 0.4) is 0 Å². The molecule has 0 fully saturated rings. The second kappa shape index (κ2) is 8.71. The predicted octanol–water partition coefficient (Wildman–Crippen LogP) is 5.00. The van der Waals surface area contributed by atoms with Crippen molar-refractivity contribution in [2.75, 3.05) is 18.1 Å². The number of aryl methyl sites for hydroxylation is 1. The van der Waals surface area contributed by atoms with E-state index in [0.717, 1.165) is 17.7 Å². The minimum Gasteiger partial charge on any atom is -0.489 e. The molecule has 0 saturated heterocycles. The molecular formula is C24H18F3N3O2. The third kappa shape index (κ3) is 4.42. The number of alkyl halides is 3. The number of carbonyl (C=O) groups is 1. The second-order valence-corrected chi connectivity index (χ2v) is 7.31. The van der Waals surface area contributed by atoms with Gasteiger partial charge in [0.1, 0.15) is 12.3 Å². The number of ether oxygens (including phenoxy) is 1. The summed E-state index contributed by atoms with van der Waals surface area (Å²) in [4.78, 5) is 18.8. The zero-order valence-electron chi connectivity index (χ0n) is 16.9. The summed E-state index contributed by atoms with van der Waals surface area (Å²) in [6.07, 6.45) is -0.697. The summed E-state index contributed by atoms with van der Waals surface area (Å²) >= 11 is 0. The number of benzene rings is 2. The number of pyridine rings is 1. The Morgan fingerprint density at radius 1 is 1.09 bits per heavy atom. The van der Waals surface area contributed by atoms with Gasteiger partial charge in [0.25, 0.3) is 0 Å². The molecule has 1 amide bonds. The van der Waals surface area contributed by atoms with Crippen LogP contribution in [-0.4, -0.2) is 24.0 Å². The summed E-state index contributed by atoms with van der Waals surface area (Å²) in [6.45, 7) is 0.670. The van der Waals surface area contributed by atoms with Gasteiger partial charge in [-0.1, -0.05) is 24.3 Å². The van der Waals surface area contributed by atoms with Crippen molar-refractivity contribution in [3.8, 4) is 22.9 Å². The lowest BCUT2D eigenvalue weighted by molar-refractivity contribution is -0.137. The van der Waals surface area contributed by atoms with Crippen LogP contribution < -0.4 is 9.64 Å². The van der Waals surface area contributed by atoms with Crippen LogP contribution in [0.4, 0.5) is 18.9 Å². The number of amides is 1. The number of hydrogen-bond donors (Lipinski definition) is 0. The fourth-order valence-corrected chi connectivity index (χ4v) is 3.58. The molecule has 2 heterocycles. The SMILES string of the molecule is N#Cc1ccc(-c2cncc3c2OCCN3C(=O)CCc2ccc(C(F)(F)F)cc2)cc1. The number of nitriles is 1. The largest absolute Gasteiger partial charge is 0.489 e. The first-order valence-corrected chi connectivity index (χ1v) is 9.94. The van der Waals surface area contributed by atoms with Crippen molar-refractivity contribution in [1.29, 1.82) is 5.26 Å². The van der Waals surface area contributed by atoms with Crippen LogP contribution in [0.5, 0.6) is 5.75 Å². The minimum atomic E-state index is -4.38. The van der Waals surface area contributed by atoms with Crippen LogP contribution in [0, 0.1) is 11.3 Å². The highest BCUT2D eigenvalue weighted by molar-refractivity contribution is 5.97. The van der Waals surface area contributed by atoms with Gasteiger partial charge in [-0.3, -0.25) is 9.78 Å². The molecule has 8 heteroatoms. The van der Waals surface area contributed by atoms with E-state index >= 15 is 0 Å². The molecule has 1 aliphatic heterocycles. The van der Waals surface area contributed by atoms with E-state index in [-0.39, 0.29) is 12.3 Å². The van der Waals surface area contributed by atoms with E-state index in [1.807, 2.05) is 0 Å². The Bertz CT molecular complexity index is 1170. The van der Waals surface area contributed by atoms with Gasteiger partial charge >= 0.3 is 6.18 Å². The number of fused-ring (bicyclic) bond motifs is 1. The molecule has 0 unspecified atom stereocenters. The Labute approximate surface area is 182 Å². The lowest BCUT2D eigenvalue weighted by atomic mass is 10.0. The van der Waals surface area contributed by atoms with Gasteiger partial charge in [0, 0.05) is 18.2 Å². The Morgan fingerprint density at radius 3 is 2.47 bits per heavy atom. The highest BCUT2D eigenvalue weighted by Crippen LogP contribution is 2.40. The number of hydrogen-bond acceptors (Lipinski definition) is 4. The van der Waals surface area contributed by atoms with Gasteiger partial charge in [0.15, 0.2) is 5.75 Å². The maximum atomic E-state index is 12.9. The average Bonchev–Trinajstić information content (AvgIpc) is 2.81. The Hall–Kier alpha value is -3.86. The lowest BCUT2D eigenvalue weighted by Crippen LogP contribution is -2.38. The molecule has 2 aromatic carbocycles. The number of aromatic nitrogens is 1. The van der Waals surface area contributed by atoms with E-state index in [0.29, 0.717) is 47.7 Å². The predicted molar refractivity (Wildman–Crippen MR) is 112 cm³/mol. The summed E-state index contributed by atoms with van der Waals surface area (Å²) in [6, 6.07) is 13.9. The smallest absolute Gasteiger partial charge is 0.416 e. The van der Waals surface area contributed by atoms with Gasteiger partial charge in [-0.25, -0.2) is 0 Å². The van der Waals surface area contributed by atoms with Crippen molar-refractivity contribution in [2.45, 2.75) is 19.0 Å². The normalized spacial score (nSPS) is 13.1. The van der Waals surface area contributed by atoms with E-state index in [1.54, 1.807) is 41.6 Å². The summed E-state index contributed by atoms with van der Waals surface area (Å²) < 4.78 is 44.0. The van der Waals surface area contributed by atoms with Crippen LogP contribution in [0.2, 0.25) is 0 Å². The molecule has 0 bridgehead atoms. The minimum absolute atomic E-state index is 0.145. The quantitative estimate of drug-likeness (QED) is 0.576. The van der Waals surface area contributed by atoms with Crippen LogP contribution >= 0.6 is 0 Å². The van der Waals surface area contributed by atoms with Crippen molar-refractivity contribution in [3.63, 3.8) is 0 Å². The molecule has 0 radical (unpaired) electrons. The number of halogens is 3. The third-order valence-electron chi connectivity index (χ3n) is 5.26. The molecule has 162 valence electrons. The zero-order chi connectivity index (χ0) is 22.7. The molecule has 3 aromatic rings. The summed E-state index contributed by atoms with van der Waals surface area (Å²) in [7, 11) is 0. The molecule has 4 rings (SSSR count). The second-order valence-electron chi connectivity index (χ2n) is 7.31. The van der Waals surface area contributed by atoms with E-state index in [2.05, 4.69) is 11.1 Å². The van der Waals surface area contributed by atoms with Gasteiger partial charge in [-0.15, -0.1) is 0 Å². The van der Waals surface area contributed by atoms with Crippen LogP contribution in [-0.2, 0) is 17.4 Å². The monoisotopic (exact) mass is 437 g/mol. The van der Waals surface area contributed by atoms with E-state index in [9.17, 15) is 18.0 Å². The highest BCUT2D eigenvalue weighted by atomic mass is 19.4. The summed E-state index contributed by atoms with van der Waals surface area (Å²) in [5.41, 5.74) is 2.56. The zero-order valence-corrected chi connectivity index (χ0v) is 16.9. The molecule has 32 heavy (non-hydrogen) atoms. The van der Waals surface area contributed by atoms with Gasteiger partial charge in [-0.05, 0) is 41.8 Å². The lowest BCUT2D eigenvalue weighted by Gasteiger charge is -2.30. The Balaban J connectivity index is 1.51. The molecule has 1 aromatic heterocycles. The maximum absolute atomic E-state index is 12.9. The molecular weight excluding hydrogens is 419 g/mol. The summed E-state index contributed by atoms with van der Waals surface area (Å²) in [5.74, 6) is 0.382. The van der Waals surface area contributed by atoms with Crippen molar-refractivity contribution in [2.24, 2.45) is 0 Å². The highest BCUT2D eigenvalue weighted by Gasteiger charge is 2.30. The van der Waals surface area contributed by atoms with Crippen molar-refractivity contribution in [1.82, 2.24) is 4.98 Å². The Kier molecular flexibility index (Phi) is 5.82. The molecule has 0 N–H and O–H groups in total. The summed E-state index contributed by atoms with van der Waals surface area (Å²) in [5, 5.41) is 8.99. The number of rotatable bonds is 4. The topological polar surface area (TPSA) is 66.2 Å². The Morgan fingerprint density at radius 2 is 1.81 bits per heavy atom. The van der Waals surface area contributed by atoms with Crippen molar-refractivity contribution in [3.05, 3.63) is 77.6 Å². The van der Waals surface area contributed by atoms with Crippen LogP contribution in [0.15, 0.2) is 60.9 Å². The first-order chi connectivity index (χ1) is 15.4. The molecule has 0 spiro atoms. The molecule has 0 aliphatic carbocycles. The van der Waals surface area contributed by atoms with E-state index < -0.39 is 11.7 Å². The van der Waals surface area contributed by atoms with Gasteiger partial charge < -0.3 is 9.64 Å².